The lowest BCUT2D eigenvalue weighted by Gasteiger charge is -2.38. The third kappa shape index (κ3) is 3.19. The highest BCUT2D eigenvalue weighted by Crippen LogP contribution is 2.35. The molecule has 5 aromatic rings. The summed E-state index contributed by atoms with van der Waals surface area (Å²) in [6.07, 6.45) is 3.78. The fourth-order valence-corrected chi connectivity index (χ4v) is 4.79. The third-order valence-electron chi connectivity index (χ3n) is 6.49. The summed E-state index contributed by atoms with van der Waals surface area (Å²) in [5, 5.41) is 21.7. The second-order valence-corrected chi connectivity index (χ2v) is 8.63. The molecule has 3 aromatic heterocycles. The van der Waals surface area contributed by atoms with Gasteiger partial charge in [-0.15, -0.1) is 10.2 Å². The standard InChI is InChI=1S/C24H25N7O/c1-14-10-25-11-15(2)31(14)13-23-29-30-24(32-23)19-8-16(9-22-20(19)12-27-28-22)17-4-3-5-21-18(17)6-7-26-21/h3-9,12,14-15,25-26H,10-11,13H2,1-2H3,(H,27,28)/t14-,15+. The van der Waals surface area contributed by atoms with Crippen LogP contribution in [0.1, 0.15) is 19.7 Å². The van der Waals surface area contributed by atoms with Crippen LogP contribution in [0.3, 0.4) is 0 Å². The third-order valence-corrected chi connectivity index (χ3v) is 6.49. The quantitative estimate of drug-likeness (QED) is 0.402. The largest absolute Gasteiger partial charge is 0.419 e. The molecule has 162 valence electrons. The summed E-state index contributed by atoms with van der Waals surface area (Å²) in [5.41, 5.74) is 5.15. The molecule has 0 unspecified atom stereocenters. The highest BCUT2D eigenvalue weighted by molar-refractivity contribution is 6.01. The van der Waals surface area contributed by atoms with Gasteiger partial charge in [0.2, 0.25) is 11.8 Å². The first-order valence-electron chi connectivity index (χ1n) is 11.0. The summed E-state index contributed by atoms with van der Waals surface area (Å²) in [6, 6.07) is 13.4. The molecule has 2 atom stereocenters. The second-order valence-electron chi connectivity index (χ2n) is 8.63. The van der Waals surface area contributed by atoms with Gasteiger partial charge >= 0.3 is 0 Å². The SMILES string of the molecule is C[C@@H]1CNC[C@H](C)N1Cc1nnc(-c2cc(-c3cccc4[nH]ccc34)cc3[nH]ncc23)o1. The molecule has 3 N–H and O–H groups in total. The number of hydrogen-bond donors (Lipinski definition) is 3. The molecular formula is C24H25N7O. The molecule has 8 nitrogen and oxygen atoms in total. The first-order valence-corrected chi connectivity index (χ1v) is 11.0. The molecular weight excluding hydrogens is 402 g/mol. The van der Waals surface area contributed by atoms with E-state index in [2.05, 4.69) is 85.8 Å². The van der Waals surface area contributed by atoms with Crippen molar-refractivity contribution in [1.29, 1.82) is 0 Å². The van der Waals surface area contributed by atoms with Crippen LogP contribution in [-0.2, 0) is 6.54 Å². The lowest BCUT2D eigenvalue weighted by molar-refractivity contribution is 0.0979. The zero-order chi connectivity index (χ0) is 21.7. The van der Waals surface area contributed by atoms with Crippen molar-refractivity contribution in [3.63, 3.8) is 0 Å². The molecule has 1 fully saturated rings. The fourth-order valence-electron chi connectivity index (χ4n) is 4.79. The van der Waals surface area contributed by atoms with Gasteiger partial charge in [0.1, 0.15) is 0 Å². The van der Waals surface area contributed by atoms with E-state index in [9.17, 15) is 0 Å². The van der Waals surface area contributed by atoms with Crippen molar-refractivity contribution >= 4 is 21.8 Å². The summed E-state index contributed by atoms with van der Waals surface area (Å²) in [4.78, 5) is 5.69. The molecule has 0 radical (unpaired) electrons. The minimum Gasteiger partial charge on any atom is -0.419 e. The number of fused-ring (bicyclic) bond motifs is 2. The van der Waals surface area contributed by atoms with Crippen LogP contribution in [0.2, 0.25) is 0 Å². The molecule has 4 heterocycles. The van der Waals surface area contributed by atoms with Gasteiger partial charge in [-0.1, -0.05) is 12.1 Å². The molecule has 0 spiro atoms. The van der Waals surface area contributed by atoms with E-state index in [-0.39, 0.29) is 0 Å². The van der Waals surface area contributed by atoms with Crippen LogP contribution in [0, 0.1) is 0 Å². The number of hydrogen-bond acceptors (Lipinski definition) is 6. The lowest BCUT2D eigenvalue weighted by Crippen LogP contribution is -2.54. The minimum atomic E-state index is 0.417. The summed E-state index contributed by atoms with van der Waals surface area (Å²) in [7, 11) is 0. The number of benzene rings is 2. The van der Waals surface area contributed by atoms with E-state index in [1.165, 1.54) is 5.39 Å². The van der Waals surface area contributed by atoms with Crippen molar-refractivity contribution in [1.82, 2.24) is 35.6 Å². The monoisotopic (exact) mass is 427 g/mol. The predicted molar refractivity (Wildman–Crippen MR) is 124 cm³/mol. The number of aromatic nitrogens is 5. The van der Waals surface area contributed by atoms with E-state index in [4.69, 9.17) is 4.42 Å². The van der Waals surface area contributed by atoms with Crippen LogP contribution in [-0.4, -0.2) is 55.5 Å². The number of H-pyrrole nitrogens is 2. The Morgan fingerprint density at radius 3 is 2.75 bits per heavy atom. The molecule has 0 bridgehead atoms. The van der Waals surface area contributed by atoms with Crippen molar-refractivity contribution in [2.24, 2.45) is 0 Å². The van der Waals surface area contributed by atoms with E-state index in [1.807, 2.05) is 12.4 Å². The van der Waals surface area contributed by atoms with Crippen molar-refractivity contribution in [2.75, 3.05) is 13.1 Å². The molecule has 32 heavy (non-hydrogen) atoms. The molecule has 1 aliphatic heterocycles. The van der Waals surface area contributed by atoms with Gasteiger partial charge in [-0.3, -0.25) is 10.00 Å². The van der Waals surface area contributed by atoms with Gasteiger partial charge in [-0.25, -0.2) is 0 Å². The Labute approximate surface area is 185 Å². The van der Waals surface area contributed by atoms with Gasteiger partial charge in [-0.2, -0.15) is 5.10 Å². The van der Waals surface area contributed by atoms with Crippen molar-refractivity contribution in [3.05, 3.63) is 54.7 Å². The van der Waals surface area contributed by atoms with Crippen LogP contribution < -0.4 is 5.32 Å². The number of aromatic amines is 2. The molecule has 0 aliphatic carbocycles. The van der Waals surface area contributed by atoms with Crippen LogP contribution >= 0.6 is 0 Å². The number of rotatable bonds is 4. The second kappa shape index (κ2) is 7.58. The van der Waals surface area contributed by atoms with Gasteiger partial charge in [0.15, 0.2) is 0 Å². The first-order chi connectivity index (χ1) is 15.7. The average Bonchev–Trinajstić information content (AvgIpc) is 3.55. The van der Waals surface area contributed by atoms with Crippen LogP contribution in [0.5, 0.6) is 0 Å². The summed E-state index contributed by atoms with van der Waals surface area (Å²) in [6.45, 7) is 7.02. The highest BCUT2D eigenvalue weighted by atomic mass is 16.4. The molecule has 1 saturated heterocycles. The van der Waals surface area contributed by atoms with Crippen molar-refractivity contribution in [2.45, 2.75) is 32.5 Å². The van der Waals surface area contributed by atoms with E-state index in [0.717, 1.165) is 46.2 Å². The maximum atomic E-state index is 6.18. The highest BCUT2D eigenvalue weighted by Gasteiger charge is 2.26. The van der Waals surface area contributed by atoms with E-state index < -0.39 is 0 Å². The summed E-state index contributed by atoms with van der Waals surface area (Å²) < 4.78 is 6.18. The van der Waals surface area contributed by atoms with E-state index in [1.54, 1.807) is 0 Å². The Morgan fingerprint density at radius 1 is 1.00 bits per heavy atom. The van der Waals surface area contributed by atoms with Gasteiger partial charge in [0, 0.05) is 47.7 Å². The number of nitrogens with zero attached hydrogens (tertiary/aromatic N) is 4. The minimum absolute atomic E-state index is 0.417. The van der Waals surface area contributed by atoms with E-state index >= 15 is 0 Å². The van der Waals surface area contributed by atoms with Gasteiger partial charge in [0.05, 0.1) is 23.8 Å². The zero-order valence-electron chi connectivity index (χ0n) is 18.1. The number of piperazine rings is 1. The van der Waals surface area contributed by atoms with Crippen LogP contribution in [0.15, 0.2) is 53.2 Å². The Kier molecular flexibility index (Phi) is 4.55. The molecule has 6 rings (SSSR count). The van der Waals surface area contributed by atoms with Crippen molar-refractivity contribution < 1.29 is 4.42 Å². The van der Waals surface area contributed by atoms with E-state index in [0.29, 0.717) is 30.4 Å². The summed E-state index contributed by atoms with van der Waals surface area (Å²) in [5.74, 6) is 1.15. The molecule has 1 aliphatic rings. The Hall–Kier alpha value is -3.49. The molecule has 2 aromatic carbocycles. The smallest absolute Gasteiger partial charge is 0.248 e. The number of nitrogens with one attached hydrogen (secondary N) is 3. The predicted octanol–water partition coefficient (Wildman–Crippen LogP) is 3.94. The zero-order valence-corrected chi connectivity index (χ0v) is 18.1. The molecule has 0 amide bonds. The fraction of sp³-hybridized carbons (Fsp3) is 0.292. The Balaban J connectivity index is 1.41. The van der Waals surface area contributed by atoms with Gasteiger partial charge < -0.3 is 14.7 Å². The Morgan fingerprint density at radius 2 is 1.88 bits per heavy atom. The average molecular weight is 428 g/mol. The topological polar surface area (TPSA) is 98.7 Å². The Bertz CT molecular complexity index is 1390. The van der Waals surface area contributed by atoms with Crippen molar-refractivity contribution in [3.8, 4) is 22.6 Å². The molecule has 8 heteroatoms. The maximum Gasteiger partial charge on any atom is 0.248 e. The first kappa shape index (κ1) is 19.2. The van der Waals surface area contributed by atoms with Gasteiger partial charge in [0.25, 0.3) is 0 Å². The van der Waals surface area contributed by atoms with Crippen LogP contribution in [0.25, 0.3) is 44.4 Å². The van der Waals surface area contributed by atoms with Gasteiger partial charge in [-0.05, 0) is 49.2 Å². The molecule has 0 saturated carbocycles. The van der Waals surface area contributed by atoms with Crippen LogP contribution in [0.4, 0.5) is 0 Å². The maximum absolute atomic E-state index is 6.18. The lowest BCUT2D eigenvalue weighted by atomic mass is 9.98. The summed E-state index contributed by atoms with van der Waals surface area (Å²) >= 11 is 0. The normalized spacial score (nSPS) is 19.8.